The van der Waals surface area contributed by atoms with Gasteiger partial charge in [0.2, 0.25) is 0 Å². The Morgan fingerprint density at radius 2 is 1.81 bits per heavy atom. The number of carbonyl (C=O) groups excluding carboxylic acids is 1. The number of nitrogens with zero attached hydrogens (tertiary/aromatic N) is 1. The van der Waals surface area contributed by atoms with Crippen molar-refractivity contribution in [2.75, 3.05) is 6.61 Å². The molecule has 2 N–H and O–H groups in total. The van der Waals surface area contributed by atoms with Crippen molar-refractivity contribution in [2.45, 2.75) is 18.2 Å². The molecule has 0 bridgehead atoms. The van der Waals surface area contributed by atoms with Crippen LogP contribution in [0.3, 0.4) is 0 Å². The lowest BCUT2D eigenvalue weighted by Gasteiger charge is -2.10. The number of rotatable bonds is 8. The van der Waals surface area contributed by atoms with Crippen LogP contribution < -0.4 is 15.0 Å². The maximum Gasteiger partial charge on any atom is 0.289 e. The van der Waals surface area contributed by atoms with E-state index in [1.54, 1.807) is 12.1 Å². The molecule has 10 heteroatoms. The number of aryl methyl sites for hydroxylation is 1. The smallest absolute Gasteiger partial charge is 0.289 e. The molecule has 0 saturated carbocycles. The van der Waals surface area contributed by atoms with Crippen LogP contribution in [0, 0.1) is 10.1 Å². The van der Waals surface area contributed by atoms with Gasteiger partial charge in [0.25, 0.3) is 21.6 Å². The molecule has 2 aromatic rings. The quantitative estimate of drug-likeness (QED) is 0.529. The summed E-state index contributed by atoms with van der Waals surface area (Å²) >= 11 is 0. The molecule has 2 aromatic carbocycles. The third-order valence-corrected chi connectivity index (χ3v) is 4.67. The van der Waals surface area contributed by atoms with E-state index < -0.39 is 38.0 Å². The molecule has 138 valence electrons. The van der Waals surface area contributed by atoms with Crippen molar-refractivity contribution in [2.24, 2.45) is 0 Å². The highest BCUT2D eigenvalue weighted by Crippen LogP contribution is 2.22. The van der Waals surface area contributed by atoms with Crippen LogP contribution in [0.4, 0.5) is 5.69 Å². The molecule has 26 heavy (non-hydrogen) atoms. The van der Waals surface area contributed by atoms with Crippen molar-refractivity contribution in [1.29, 1.82) is 0 Å². The summed E-state index contributed by atoms with van der Waals surface area (Å²) in [6.45, 7) is 1.58. The Kier molecular flexibility index (Phi) is 6.26. The Morgan fingerprint density at radius 1 is 1.15 bits per heavy atom. The van der Waals surface area contributed by atoms with Crippen molar-refractivity contribution in [3.8, 4) is 5.75 Å². The fraction of sp³-hybridized carbons (Fsp3) is 0.188. The van der Waals surface area contributed by atoms with E-state index in [0.717, 1.165) is 24.1 Å². The first-order valence-corrected chi connectivity index (χ1v) is 9.07. The van der Waals surface area contributed by atoms with Crippen molar-refractivity contribution < 1.29 is 22.9 Å². The summed E-state index contributed by atoms with van der Waals surface area (Å²) in [5.74, 6) is -0.300. The van der Waals surface area contributed by atoms with Crippen LogP contribution in [0.1, 0.15) is 12.5 Å². The summed E-state index contributed by atoms with van der Waals surface area (Å²) in [5.41, 5.74) is 2.47. The highest BCUT2D eigenvalue weighted by Gasteiger charge is 2.25. The average Bonchev–Trinajstić information content (AvgIpc) is 2.65. The topological polar surface area (TPSA) is 128 Å². The Hall–Kier alpha value is -2.98. The number of hydrogen-bond donors (Lipinski definition) is 2. The predicted molar refractivity (Wildman–Crippen MR) is 92.9 cm³/mol. The largest absolute Gasteiger partial charge is 0.484 e. The van der Waals surface area contributed by atoms with Gasteiger partial charge in [-0.25, -0.2) is 8.42 Å². The van der Waals surface area contributed by atoms with E-state index in [9.17, 15) is 23.3 Å². The van der Waals surface area contributed by atoms with Gasteiger partial charge in [-0.15, -0.1) is 4.83 Å². The fourth-order valence-corrected chi connectivity index (χ4v) is 3.05. The number of amides is 1. The van der Waals surface area contributed by atoms with Gasteiger partial charge in [0.15, 0.2) is 11.5 Å². The number of para-hydroxylation sites is 1. The lowest BCUT2D eigenvalue weighted by molar-refractivity contribution is -0.387. The first-order chi connectivity index (χ1) is 12.3. The second kappa shape index (κ2) is 8.41. The zero-order chi connectivity index (χ0) is 19.2. The third kappa shape index (κ3) is 5.01. The molecule has 2 rings (SSSR count). The Labute approximate surface area is 150 Å². The van der Waals surface area contributed by atoms with Gasteiger partial charge in [-0.3, -0.25) is 20.3 Å². The summed E-state index contributed by atoms with van der Waals surface area (Å²) < 4.78 is 29.5. The molecule has 0 unspecified atom stereocenters. The second-order valence-corrected chi connectivity index (χ2v) is 6.82. The maximum atomic E-state index is 12.1. The van der Waals surface area contributed by atoms with E-state index in [1.807, 2.05) is 29.3 Å². The minimum atomic E-state index is -4.30. The number of nitrogens with one attached hydrogen (secondary N) is 2. The van der Waals surface area contributed by atoms with Crippen molar-refractivity contribution in [1.82, 2.24) is 10.3 Å². The van der Waals surface area contributed by atoms with Gasteiger partial charge in [-0.1, -0.05) is 31.2 Å². The summed E-state index contributed by atoms with van der Waals surface area (Å²) in [6.07, 6.45) is 0.869. The van der Waals surface area contributed by atoms with Crippen molar-refractivity contribution in [3.63, 3.8) is 0 Å². The van der Waals surface area contributed by atoms with Crippen LogP contribution in [-0.4, -0.2) is 25.9 Å². The summed E-state index contributed by atoms with van der Waals surface area (Å²) in [5, 5.41) is 10.9. The number of nitro groups is 1. The Balaban J connectivity index is 1.94. The molecule has 1 amide bonds. The number of hydrogen-bond acceptors (Lipinski definition) is 6. The van der Waals surface area contributed by atoms with E-state index in [0.29, 0.717) is 5.75 Å². The first kappa shape index (κ1) is 19.3. The van der Waals surface area contributed by atoms with Crippen LogP contribution in [0.5, 0.6) is 5.75 Å². The van der Waals surface area contributed by atoms with E-state index in [4.69, 9.17) is 4.74 Å². The molecule has 0 aliphatic heterocycles. The molecule has 0 atom stereocenters. The number of benzene rings is 2. The monoisotopic (exact) mass is 379 g/mol. The average molecular weight is 379 g/mol. The first-order valence-electron chi connectivity index (χ1n) is 7.59. The molecule has 0 aromatic heterocycles. The molecule has 9 nitrogen and oxygen atoms in total. The number of sulfonamides is 1. The van der Waals surface area contributed by atoms with Crippen LogP contribution >= 0.6 is 0 Å². The third-order valence-electron chi connectivity index (χ3n) is 3.38. The lowest BCUT2D eigenvalue weighted by atomic mass is 10.2. The van der Waals surface area contributed by atoms with E-state index >= 15 is 0 Å². The summed E-state index contributed by atoms with van der Waals surface area (Å²) in [7, 11) is -4.30. The van der Waals surface area contributed by atoms with Crippen molar-refractivity contribution >= 4 is 21.6 Å². The van der Waals surface area contributed by atoms with Gasteiger partial charge in [-0.05, 0) is 30.2 Å². The molecule has 0 spiro atoms. The van der Waals surface area contributed by atoms with Crippen molar-refractivity contribution in [3.05, 3.63) is 64.2 Å². The van der Waals surface area contributed by atoms with E-state index in [2.05, 4.69) is 0 Å². The van der Waals surface area contributed by atoms with Gasteiger partial charge < -0.3 is 4.74 Å². The van der Waals surface area contributed by atoms with Crippen LogP contribution in [-0.2, 0) is 21.2 Å². The number of ether oxygens (including phenoxy) is 1. The molecular weight excluding hydrogens is 362 g/mol. The Bertz CT molecular complexity index is 896. The number of carbonyl (C=O) groups is 1. The number of nitro benzene ring substituents is 1. The van der Waals surface area contributed by atoms with Crippen LogP contribution in [0.15, 0.2) is 53.4 Å². The lowest BCUT2D eigenvalue weighted by Crippen LogP contribution is -2.43. The molecule has 0 saturated heterocycles. The Morgan fingerprint density at radius 3 is 2.42 bits per heavy atom. The summed E-state index contributed by atoms with van der Waals surface area (Å²) in [6, 6.07) is 11.9. The SMILES string of the molecule is CCc1ccc(OCC(=O)NNS(=O)(=O)c2ccccc2[N+](=O)[O-])cc1. The molecule has 0 radical (unpaired) electrons. The second-order valence-electron chi connectivity index (χ2n) is 5.16. The predicted octanol–water partition coefficient (Wildman–Crippen LogP) is 1.55. The zero-order valence-corrected chi connectivity index (χ0v) is 14.7. The normalized spacial score (nSPS) is 11.0. The van der Waals surface area contributed by atoms with Gasteiger partial charge in [0, 0.05) is 6.07 Å². The van der Waals surface area contributed by atoms with Crippen LogP contribution in [0.2, 0.25) is 0 Å². The summed E-state index contributed by atoms with van der Waals surface area (Å²) in [4.78, 5) is 23.1. The van der Waals surface area contributed by atoms with Gasteiger partial charge >= 0.3 is 0 Å². The maximum absolute atomic E-state index is 12.1. The molecule has 0 aliphatic carbocycles. The minimum Gasteiger partial charge on any atom is -0.484 e. The van der Waals surface area contributed by atoms with Gasteiger partial charge in [0.1, 0.15) is 5.75 Å². The molecule has 0 fully saturated rings. The van der Waals surface area contributed by atoms with E-state index in [1.165, 1.54) is 12.1 Å². The minimum absolute atomic E-state index is 0.426. The van der Waals surface area contributed by atoms with Gasteiger partial charge in [-0.2, -0.15) is 0 Å². The number of hydrazine groups is 1. The van der Waals surface area contributed by atoms with E-state index in [-0.39, 0.29) is 0 Å². The van der Waals surface area contributed by atoms with Gasteiger partial charge in [0.05, 0.1) is 4.92 Å². The highest BCUT2D eigenvalue weighted by molar-refractivity contribution is 7.89. The molecule has 0 aliphatic rings. The standard InChI is InChI=1S/C16H17N3O6S/c1-2-12-7-9-13(10-8-12)25-11-16(20)17-18-26(23,24)15-6-4-3-5-14(15)19(21)22/h3-10,18H,2,11H2,1H3,(H,17,20). The molecule has 0 heterocycles. The fourth-order valence-electron chi connectivity index (χ4n) is 2.02. The molecular formula is C16H17N3O6S. The zero-order valence-electron chi connectivity index (χ0n) is 13.8. The van der Waals surface area contributed by atoms with Crippen LogP contribution in [0.25, 0.3) is 0 Å². The highest BCUT2D eigenvalue weighted by atomic mass is 32.2.